The quantitative estimate of drug-likeness (QED) is 0.831. The van der Waals surface area contributed by atoms with E-state index in [1.54, 1.807) is 0 Å². The van der Waals surface area contributed by atoms with Gasteiger partial charge in [0.05, 0.1) is 12.2 Å². The average Bonchev–Trinajstić information content (AvgIpc) is 2.81. The Hall–Kier alpha value is -0.120. The maximum Gasteiger partial charge on any atom is 0.0706 e. The van der Waals surface area contributed by atoms with Gasteiger partial charge in [-0.25, -0.2) is 0 Å². The van der Waals surface area contributed by atoms with Gasteiger partial charge in [-0.1, -0.05) is 19.3 Å². The highest BCUT2D eigenvalue weighted by Crippen LogP contribution is 2.32. The maximum absolute atomic E-state index is 6.03. The average molecular weight is 266 g/mol. The number of ether oxygens (including phenoxy) is 1. The fraction of sp³-hybridized carbons (Fsp3) is 1.00. The van der Waals surface area contributed by atoms with E-state index in [1.165, 1.54) is 51.5 Å². The first-order valence-corrected chi connectivity index (χ1v) is 8.31. The number of hydrogen-bond acceptors (Lipinski definition) is 3. The van der Waals surface area contributed by atoms with Crippen LogP contribution in [0.2, 0.25) is 0 Å². The highest BCUT2D eigenvalue weighted by molar-refractivity contribution is 4.99. The van der Waals surface area contributed by atoms with E-state index < -0.39 is 0 Å². The SMILES string of the molecule is CC1CCC(CN2CC3(CCCCC3)NCC2C)O1. The number of nitrogens with one attached hydrogen (secondary N) is 1. The molecule has 3 aliphatic rings. The van der Waals surface area contributed by atoms with Crippen LogP contribution in [0.1, 0.15) is 58.8 Å². The Morgan fingerprint density at radius 2 is 1.95 bits per heavy atom. The molecule has 2 heterocycles. The van der Waals surface area contributed by atoms with Gasteiger partial charge in [-0.3, -0.25) is 4.90 Å². The van der Waals surface area contributed by atoms with Gasteiger partial charge < -0.3 is 10.1 Å². The molecule has 3 atom stereocenters. The molecule has 0 aromatic heterocycles. The van der Waals surface area contributed by atoms with Gasteiger partial charge >= 0.3 is 0 Å². The maximum atomic E-state index is 6.03. The zero-order valence-corrected chi connectivity index (χ0v) is 12.7. The number of piperazine rings is 1. The molecule has 0 aromatic rings. The Labute approximate surface area is 118 Å². The summed E-state index contributed by atoms with van der Waals surface area (Å²) >= 11 is 0. The Morgan fingerprint density at radius 1 is 1.16 bits per heavy atom. The molecule has 110 valence electrons. The smallest absolute Gasteiger partial charge is 0.0706 e. The molecule has 3 fully saturated rings. The van der Waals surface area contributed by atoms with Crippen molar-refractivity contribution in [3.63, 3.8) is 0 Å². The lowest BCUT2D eigenvalue weighted by Gasteiger charge is -2.49. The second-order valence-corrected chi connectivity index (χ2v) is 7.15. The van der Waals surface area contributed by atoms with E-state index >= 15 is 0 Å². The van der Waals surface area contributed by atoms with E-state index in [0.717, 1.165) is 13.1 Å². The molecule has 1 N–H and O–H groups in total. The van der Waals surface area contributed by atoms with E-state index in [-0.39, 0.29) is 0 Å². The van der Waals surface area contributed by atoms with E-state index in [4.69, 9.17) is 4.74 Å². The molecule has 1 spiro atoms. The van der Waals surface area contributed by atoms with E-state index in [2.05, 4.69) is 24.1 Å². The third-order valence-corrected chi connectivity index (χ3v) is 5.47. The van der Waals surface area contributed by atoms with Crippen LogP contribution in [0, 0.1) is 0 Å². The van der Waals surface area contributed by atoms with Crippen molar-refractivity contribution in [1.29, 1.82) is 0 Å². The van der Waals surface area contributed by atoms with Gasteiger partial charge in [0, 0.05) is 31.2 Å². The molecule has 3 nitrogen and oxygen atoms in total. The Morgan fingerprint density at radius 3 is 2.63 bits per heavy atom. The normalized spacial score (nSPS) is 39.8. The predicted octanol–water partition coefficient (Wildman–Crippen LogP) is 2.55. The van der Waals surface area contributed by atoms with Gasteiger partial charge in [0.1, 0.15) is 0 Å². The molecule has 1 aliphatic carbocycles. The van der Waals surface area contributed by atoms with Crippen LogP contribution in [0.4, 0.5) is 0 Å². The molecular formula is C16H30N2O. The molecule has 1 saturated carbocycles. The molecule has 0 aromatic carbocycles. The first-order valence-electron chi connectivity index (χ1n) is 8.31. The summed E-state index contributed by atoms with van der Waals surface area (Å²) in [6.07, 6.45) is 10.5. The minimum Gasteiger partial charge on any atom is -0.374 e. The fourth-order valence-corrected chi connectivity index (χ4v) is 4.18. The van der Waals surface area contributed by atoms with E-state index in [9.17, 15) is 0 Å². The standard InChI is InChI=1S/C16H30N2O/c1-13-10-17-16(8-4-3-5-9-16)12-18(13)11-15-7-6-14(2)19-15/h13-15,17H,3-12H2,1-2H3. The zero-order chi connectivity index (χ0) is 13.3. The number of nitrogens with zero attached hydrogens (tertiary/aromatic N) is 1. The van der Waals surface area contributed by atoms with Crippen LogP contribution < -0.4 is 5.32 Å². The Kier molecular flexibility index (Phi) is 4.16. The van der Waals surface area contributed by atoms with Gasteiger partial charge in [-0.05, 0) is 39.5 Å². The van der Waals surface area contributed by atoms with Crippen molar-refractivity contribution in [3.05, 3.63) is 0 Å². The largest absolute Gasteiger partial charge is 0.374 e. The van der Waals surface area contributed by atoms with Gasteiger partial charge in [0.15, 0.2) is 0 Å². The Bertz CT molecular complexity index is 301. The summed E-state index contributed by atoms with van der Waals surface area (Å²) in [7, 11) is 0. The molecule has 0 bridgehead atoms. The predicted molar refractivity (Wildman–Crippen MR) is 78.4 cm³/mol. The summed E-state index contributed by atoms with van der Waals surface area (Å²) in [5.74, 6) is 0. The summed E-state index contributed by atoms with van der Waals surface area (Å²) < 4.78 is 6.03. The molecule has 3 unspecified atom stereocenters. The van der Waals surface area contributed by atoms with Crippen LogP contribution in [0.5, 0.6) is 0 Å². The molecule has 3 heteroatoms. The molecular weight excluding hydrogens is 236 g/mol. The third-order valence-electron chi connectivity index (χ3n) is 5.47. The van der Waals surface area contributed by atoms with Gasteiger partial charge in [0.25, 0.3) is 0 Å². The van der Waals surface area contributed by atoms with Crippen LogP contribution in [-0.2, 0) is 4.74 Å². The molecule has 0 radical (unpaired) electrons. The minimum atomic E-state index is 0.426. The van der Waals surface area contributed by atoms with Crippen molar-refractivity contribution >= 4 is 0 Å². The van der Waals surface area contributed by atoms with E-state index in [1.807, 2.05) is 0 Å². The molecule has 0 amide bonds. The third kappa shape index (κ3) is 3.14. The minimum absolute atomic E-state index is 0.426. The summed E-state index contributed by atoms with van der Waals surface area (Å²) in [4.78, 5) is 2.70. The Balaban J connectivity index is 1.59. The first kappa shape index (κ1) is 13.8. The van der Waals surface area contributed by atoms with Crippen LogP contribution in [-0.4, -0.2) is 48.3 Å². The van der Waals surface area contributed by atoms with Gasteiger partial charge in [-0.15, -0.1) is 0 Å². The zero-order valence-electron chi connectivity index (χ0n) is 12.7. The summed E-state index contributed by atoms with van der Waals surface area (Å²) in [6.45, 7) is 8.12. The number of hydrogen-bond donors (Lipinski definition) is 1. The topological polar surface area (TPSA) is 24.5 Å². The van der Waals surface area contributed by atoms with Crippen molar-refractivity contribution in [2.75, 3.05) is 19.6 Å². The first-order chi connectivity index (χ1) is 9.17. The van der Waals surface area contributed by atoms with Crippen molar-refractivity contribution in [2.45, 2.75) is 82.6 Å². The summed E-state index contributed by atoms with van der Waals surface area (Å²) in [6, 6.07) is 0.659. The van der Waals surface area contributed by atoms with Crippen molar-refractivity contribution in [1.82, 2.24) is 10.2 Å². The van der Waals surface area contributed by atoms with Crippen molar-refractivity contribution in [2.24, 2.45) is 0 Å². The van der Waals surface area contributed by atoms with Crippen molar-refractivity contribution < 1.29 is 4.74 Å². The van der Waals surface area contributed by atoms with Gasteiger partial charge in [-0.2, -0.15) is 0 Å². The molecule has 2 saturated heterocycles. The highest BCUT2D eigenvalue weighted by atomic mass is 16.5. The van der Waals surface area contributed by atoms with Crippen molar-refractivity contribution in [3.8, 4) is 0 Å². The molecule has 19 heavy (non-hydrogen) atoms. The van der Waals surface area contributed by atoms with Crippen LogP contribution in [0.25, 0.3) is 0 Å². The van der Waals surface area contributed by atoms with Gasteiger partial charge in [0.2, 0.25) is 0 Å². The summed E-state index contributed by atoms with van der Waals surface area (Å²) in [5, 5.41) is 3.87. The van der Waals surface area contributed by atoms with E-state index in [0.29, 0.717) is 23.8 Å². The molecule has 3 rings (SSSR count). The number of rotatable bonds is 2. The fourth-order valence-electron chi connectivity index (χ4n) is 4.18. The molecule has 2 aliphatic heterocycles. The second-order valence-electron chi connectivity index (χ2n) is 7.15. The van der Waals surface area contributed by atoms with Crippen LogP contribution in [0.15, 0.2) is 0 Å². The lowest BCUT2D eigenvalue weighted by atomic mass is 9.79. The van der Waals surface area contributed by atoms with Crippen LogP contribution in [0.3, 0.4) is 0 Å². The second kappa shape index (κ2) is 5.71. The highest BCUT2D eigenvalue weighted by Gasteiger charge is 2.39. The summed E-state index contributed by atoms with van der Waals surface area (Å²) in [5.41, 5.74) is 0.426. The van der Waals surface area contributed by atoms with Crippen LogP contribution >= 0.6 is 0 Å². The lowest BCUT2D eigenvalue weighted by Crippen LogP contribution is -2.64. The lowest BCUT2D eigenvalue weighted by molar-refractivity contribution is -0.00471. The monoisotopic (exact) mass is 266 g/mol.